The molecule has 0 bridgehead atoms. The summed E-state index contributed by atoms with van der Waals surface area (Å²) in [6.45, 7) is 18.7. The Kier molecular flexibility index (Phi) is 6.40. The standard InChI is InChI=1S/C53H45BN2S/c1-51(2,3)30-17-20-32(21-18-30)56-44-24-19-31(52(4,5)6)25-38(44)35-22-23-36-39-26-42-37(33-13-9-11-15-41(33)53(42,7)8)28-45(39)55-46-29-48-40(34-14-10-12-16-47(34)57-48)27-43(46)54(56)49(35)50(36)55/h9-29H,1-8H3. The number of benzene rings is 7. The van der Waals surface area contributed by atoms with Crippen molar-refractivity contribution in [1.82, 2.24) is 4.57 Å². The molecular weight excluding hydrogens is 707 g/mol. The summed E-state index contributed by atoms with van der Waals surface area (Å²) >= 11 is 1.92. The molecular formula is C53H45BN2S. The predicted octanol–water partition coefficient (Wildman–Crippen LogP) is 13.3. The second-order valence-electron chi connectivity index (χ2n) is 19.4. The summed E-state index contributed by atoms with van der Waals surface area (Å²) in [6, 6.07) is 49.8. The van der Waals surface area contributed by atoms with E-state index in [4.69, 9.17) is 0 Å². The molecule has 4 heterocycles. The van der Waals surface area contributed by atoms with E-state index in [1.165, 1.54) is 114 Å². The van der Waals surface area contributed by atoms with Gasteiger partial charge in [-0.3, -0.25) is 0 Å². The lowest BCUT2D eigenvalue weighted by Gasteiger charge is -2.42. The van der Waals surface area contributed by atoms with Crippen molar-refractivity contribution in [2.75, 3.05) is 4.81 Å². The fourth-order valence-electron chi connectivity index (χ4n) is 10.7. The van der Waals surface area contributed by atoms with E-state index in [0.717, 1.165) is 0 Å². The summed E-state index contributed by atoms with van der Waals surface area (Å²) in [4.78, 5) is 2.68. The maximum atomic E-state index is 2.68. The minimum absolute atomic E-state index is 0.0170. The summed E-state index contributed by atoms with van der Waals surface area (Å²) < 4.78 is 5.34. The van der Waals surface area contributed by atoms with Crippen LogP contribution in [0.2, 0.25) is 0 Å². The van der Waals surface area contributed by atoms with Gasteiger partial charge in [0.1, 0.15) is 0 Å². The number of hydrogen-bond acceptors (Lipinski definition) is 2. The molecule has 0 unspecified atom stereocenters. The Morgan fingerprint density at radius 1 is 0.526 bits per heavy atom. The van der Waals surface area contributed by atoms with Crippen molar-refractivity contribution in [3.63, 3.8) is 0 Å². The van der Waals surface area contributed by atoms with E-state index in [1.807, 2.05) is 11.3 Å². The van der Waals surface area contributed by atoms with Gasteiger partial charge in [0.05, 0.1) is 11.0 Å². The highest BCUT2D eigenvalue weighted by Crippen LogP contribution is 2.53. The van der Waals surface area contributed by atoms with E-state index in [9.17, 15) is 0 Å². The Hall–Kier alpha value is -5.58. The van der Waals surface area contributed by atoms with Crippen LogP contribution in [0.25, 0.3) is 69.9 Å². The monoisotopic (exact) mass is 752 g/mol. The van der Waals surface area contributed by atoms with Gasteiger partial charge in [0.25, 0.3) is 0 Å². The van der Waals surface area contributed by atoms with Crippen LogP contribution in [0.4, 0.5) is 11.4 Å². The highest BCUT2D eigenvalue weighted by molar-refractivity contribution is 7.25. The SMILES string of the molecule is CC(C)(C)c1ccc(N2B3c4cc5c(cc4-n4c6cc7c(cc6c6ccc(c3c64)-c3cc(C(C)(C)C)ccc32)C(C)(C)c2ccccc2-7)sc2ccccc25)cc1. The second-order valence-corrected chi connectivity index (χ2v) is 20.5. The predicted molar refractivity (Wildman–Crippen MR) is 248 cm³/mol. The third kappa shape index (κ3) is 4.37. The van der Waals surface area contributed by atoms with Gasteiger partial charge in [0, 0.05) is 59.0 Å². The van der Waals surface area contributed by atoms with E-state index in [2.05, 4.69) is 192 Å². The topological polar surface area (TPSA) is 8.17 Å². The van der Waals surface area contributed by atoms with Crippen LogP contribution in [-0.2, 0) is 16.2 Å². The minimum atomic E-state index is -0.0784. The van der Waals surface area contributed by atoms with Crippen LogP contribution in [-0.4, -0.2) is 11.4 Å². The summed E-state index contributed by atoms with van der Waals surface area (Å²) in [5.74, 6) is 0. The number of aromatic nitrogens is 1. The molecule has 0 saturated carbocycles. The summed E-state index contributed by atoms with van der Waals surface area (Å²) in [7, 11) is 0. The highest BCUT2D eigenvalue weighted by atomic mass is 32.1. The maximum Gasteiger partial charge on any atom is 0.333 e. The van der Waals surface area contributed by atoms with Gasteiger partial charge in [-0.1, -0.05) is 134 Å². The Morgan fingerprint density at radius 2 is 1.26 bits per heavy atom. The molecule has 0 spiro atoms. The van der Waals surface area contributed by atoms with Crippen LogP contribution >= 0.6 is 11.3 Å². The van der Waals surface area contributed by atoms with Crippen molar-refractivity contribution in [3.8, 4) is 27.9 Å². The molecule has 9 aromatic rings. The van der Waals surface area contributed by atoms with Gasteiger partial charge in [0.2, 0.25) is 0 Å². The number of anilines is 2. The summed E-state index contributed by atoms with van der Waals surface area (Å²) in [6.07, 6.45) is 0. The molecule has 2 nitrogen and oxygen atoms in total. The lowest BCUT2D eigenvalue weighted by Crippen LogP contribution is -2.60. The smallest absolute Gasteiger partial charge is 0.333 e. The number of thiophene rings is 1. The Labute approximate surface area is 339 Å². The average Bonchev–Trinajstić information content (AvgIpc) is 3.80. The Bertz CT molecular complexity index is 3230. The zero-order valence-corrected chi connectivity index (χ0v) is 34.8. The normalized spacial score (nSPS) is 15.1. The average molecular weight is 753 g/mol. The van der Waals surface area contributed by atoms with Crippen LogP contribution in [0.1, 0.15) is 77.6 Å². The van der Waals surface area contributed by atoms with Gasteiger partial charge < -0.3 is 9.38 Å². The molecule has 57 heavy (non-hydrogen) atoms. The van der Waals surface area contributed by atoms with Gasteiger partial charge in [-0.15, -0.1) is 11.3 Å². The van der Waals surface area contributed by atoms with Crippen molar-refractivity contribution in [2.45, 2.75) is 71.6 Å². The third-order valence-electron chi connectivity index (χ3n) is 13.7. The van der Waals surface area contributed by atoms with Crippen LogP contribution in [0.3, 0.4) is 0 Å². The fourth-order valence-corrected chi connectivity index (χ4v) is 11.8. The minimum Gasteiger partial charge on any atom is -0.376 e. The van der Waals surface area contributed by atoms with E-state index in [-0.39, 0.29) is 23.1 Å². The lowest BCUT2D eigenvalue weighted by molar-refractivity contribution is 0.590. The molecule has 0 N–H and O–H groups in total. The number of hydrogen-bond donors (Lipinski definition) is 0. The molecule has 0 radical (unpaired) electrons. The van der Waals surface area contributed by atoms with Crippen LogP contribution in [0.5, 0.6) is 0 Å². The quantitative estimate of drug-likeness (QED) is 0.152. The molecule has 2 aromatic heterocycles. The van der Waals surface area contributed by atoms with E-state index < -0.39 is 0 Å². The molecule has 7 aromatic carbocycles. The lowest BCUT2D eigenvalue weighted by atomic mass is 9.44. The molecule has 4 heteroatoms. The summed E-state index contributed by atoms with van der Waals surface area (Å²) in [5.41, 5.74) is 20.1. The van der Waals surface area contributed by atoms with E-state index in [1.54, 1.807) is 0 Å². The van der Waals surface area contributed by atoms with Gasteiger partial charge >= 0.3 is 6.85 Å². The number of rotatable bonds is 1. The first-order chi connectivity index (χ1) is 27.3. The highest BCUT2D eigenvalue weighted by Gasteiger charge is 2.45. The molecule has 1 aliphatic carbocycles. The first kappa shape index (κ1) is 33.6. The Balaban J connectivity index is 1.25. The van der Waals surface area contributed by atoms with Crippen molar-refractivity contribution in [2.24, 2.45) is 0 Å². The molecule has 2 aliphatic heterocycles. The molecule has 0 atom stereocenters. The van der Waals surface area contributed by atoms with Crippen molar-refractivity contribution >= 4 is 82.5 Å². The van der Waals surface area contributed by atoms with Gasteiger partial charge in [-0.25, -0.2) is 0 Å². The van der Waals surface area contributed by atoms with Crippen molar-refractivity contribution in [1.29, 1.82) is 0 Å². The molecule has 3 aliphatic rings. The zero-order chi connectivity index (χ0) is 38.9. The second kappa shape index (κ2) is 10.9. The maximum absolute atomic E-state index is 2.68. The molecule has 12 rings (SSSR count). The van der Waals surface area contributed by atoms with Gasteiger partial charge in [-0.2, -0.15) is 0 Å². The van der Waals surface area contributed by atoms with Crippen molar-refractivity contribution in [3.05, 3.63) is 150 Å². The van der Waals surface area contributed by atoms with Crippen molar-refractivity contribution < 1.29 is 0 Å². The van der Waals surface area contributed by atoms with Crippen LogP contribution in [0, 0.1) is 0 Å². The zero-order valence-electron chi connectivity index (χ0n) is 34.0. The van der Waals surface area contributed by atoms with Gasteiger partial charge in [0.15, 0.2) is 0 Å². The molecule has 0 fully saturated rings. The summed E-state index contributed by atoms with van der Waals surface area (Å²) in [5, 5.41) is 5.36. The first-order valence-electron chi connectivity index (χ1n) is 20.5. The van der Waals surface area contributed by atoms with Crippen LogP contribution < -0.4 is 15.7 Å². The molecule has 0 saturated heterocycles. The molecule has 276 valence electrons. The molecule has 0 amide bonds. The number of nitrogens with zero attached hydrogens (tertiary/aromatic N) is 2. The van der Waals surface area contributed by atoms with E-state index >= 15 is 0 Å². The number of fused-ring (bicyclic) bond motifs is 14. The third-order valence-corrected chi connectivity index (χ3v) is 14.8. The van der Waals surface area contributed by atoms with Gasteiger partial charge in [-0.05, 0) is 109 Å². The largest absolute Gasteiger partial charge is 0.376 e. The first-order valence-corrected chi connectivity index (χ1v) is 21.4. The van der Waals surface area contributed by atoms with Crippen LogP contribution in [0.15, 0.2) is 127 Å². The van der Waals surface area contributed by atoms with E-state index in [0.29, 0.717) is 0 Å². The Morgan fingerprint density at radius 3 is 2.05 bits per heavy atom. The fraction of sp³-hybridized carbons (Fsp3) is 0.208.